The molecule has 1 saturated heterocycles. The molecule has 1 unspecified atom stereocenters. The van der Waals surface area contributed by atoms with Crippen LogP contribution in [-0.2, 0) is 9.59 Å². The Morgan fingerprint density at radius 2 is 1.85 bits per heavy atom. The molecular formula is C20H21N3O2S. The van der Waals surface area contributed by atoms with E-state index in [2.05, 4.69) is 15.6 Å². The molecule has 134 valence electrons. The number of amidine groups is 1. The molecule has 0 spiro atoms. The minimum absolute atomic E-state index is 0.133. The standard InChI is InChI=1S/C20H21N3O2S/c1-12-4-7-15(8-5-12)21-19(25)17-11-18(24)23-20(26-17)22-16-9-6-13(2)14(3)10-16/h4-10,17H,11H2,1-3H3,(H,21,25)(H,22,23,24). The number of carbonyl (C=O) groups excluding carboxylic acids is 2. The summed E-state index contributed by atoms with van der Waals surface area (Å²) in [6, 6.07) is 13.4. The first-order valence-corrected chi connectivity index (χ1v) is 9.28. The number of carbonyl (C=O) groups is 2. The monoisotopic (exact) mass is 367 g/mol. The first-order valence-electron chi connectivity index (χ1n) is 8.41. The lowest BCUT2D eigenvalue weighted by molar-refractivity contribution is -0.123. The van der Waals surface area contributed by atoms with E-state index >= 15 is 0 Å². The van der Waals surface area contributed by atoms with E-state index < -0.39 is 5.25 Å². The highest BCUT2D eigenvalue weighted by molar-refractivity contribution is 8.15. The van der Waals surface area contributed by atoms with Crippen LogP contribution in [0.1, 0.15) is 23.1 Å². The van der Waals surface area contributed by atoms with Crippen LogP contribution >= 0.6 is 11.8 Å². The lowest BCUT2D eigenvalue weighted by atomic mass is 10.1. The Balaban J connectivity index is 1.73. The fraction of sp³-hybridized carbons (Fsp3) is 0.250. The normalized spacial score (nSPS) is 18.5. The number of aryl methyl sites for hydroxylation is 3. The van der Waals surface area contributed by atoms with Crippen molar-refractivity contribution in [2.45, 2.75) is 32.4 Å². The van der Waals surface area contributed by atoms with Crippen LogP contribution in [0, 0.1) is 20.8 Å². The van der Waals surface area contributed by atoms with E-state index in [1.54, 1.807) is 0 Å². The molecule has 0 bridgehead atoms. The topological polar surface area (TPSA) is 70.6 Å². The molecule has 1 aliphatic heterocycles. The zero-order valence-electron chi connectivity index (χ0n) is 15.0. The van der Waals surface area contributed by atoms with Crippen molar-refractivity contribution in [1.29, 1.82) is 0 Å². The van der Waals surface area contributed by atoms with E-state index in [0.717, 1.165) is 22.5 Å². The summed E-state index contributed by atoms with van der Waals surface area (Å²) in [6.07, 6.45) is 0.133. The van der Waals surface area contributed by atoms with Gasteiger partial charge in [0.1, 0.15) is 5.25 Å². The van der Waals surface area contributed by atoms with Crippen molar-refractivity contribution in [3.05, 3.63) is 59.2 Å². The van der Waals surface area contributed by atoms with Crippen LogP contribution in [0.25, 0.3) is 0 Å². The fourth-order valence-corrected chi connectivity index (χ4v) is 3.52. The molecule has 1 aliphatic rings. The van der Waals surface area contributed by atoms with Gasteiger partial charge in [-0.25, -0.2) is 4.99 Å². The summed E-state index contributed by atoms with van der Waals surface area (Å²) in [5.74, 6) is -0.392. The lowest BCUT2D eigenvalue weighted by Gasteiger charge is -2.22. The second-order valence-electron chi connectivity index (χ2n) is 6.40. The third kappa shape index (κ3) is 4.52. The van der Waals surface area contributed by atoms with Crippen molar-refractivity contribution in [3.8, 4) is 0 Å². The van der Waals surface area contributed by atoms with Gasteiger partial charge in [-0.15, -0.1) is 0 Å². The molecule has 2 amide bonds. The quantitative estimate of drug-likeness (QED) is 0.865. The van der Waals surface area contributed by atoms with Crippen molar-refractivity contribution in [2.75, 3.05) is 5.32 Å². The molecule has 3 rings (SSSR count). The number of benzene rings is 2. The van der Waals surface area contributed by atoms with Gasteiger partial charge in [-0.3, -0.25) is 9.59 Å². The maximum atomic E-state index is 12.5. The zero-order chi connectivity index (χ0) is 18.7. The second-order valence-corrected chi connectivity index (χ2v) is 7.59. The molecule has 0 aromatic heterocycles. The number of nitrogens with zero attached hydrogens (tertiary/aromatic N) is 1. The summed E-state index contributed by atoms with van der Waals surface area (Å²) >= 11 is 1.28. The summed E-state index contributed by atoms with van der Waals surface area (Å²) in [5, 5.41) is 5.56. The largest absolute Gasteiger partial charge is 0.325 e. The Hall–Kier alpha value is -2.60. The van der Waals surface area contributed by atoms with E-state index in [1.807, 2.05) is 63.2 Å². The molecule has 6 heteroatoms. The molecule has 0 saturated carbocycles. The Morgan fingerprint density at radius 1 is 1.12 bits per heavy atom. The Bertz CT molecular complexity index is 875. The summed E-state index contributed by atoms with van der Waals surface area (Å²) in [5.41, 5.74) is 4.92. The Labute approximate surface area is 157 Å². The summed E-state index contributed by atoms with van der Waals surface area (Å²) < 4.78 is 0. The average Bonchev–Trinajstić information content (AvgIpc) is 2.59. The van der Waals surface area contributed by atoms with Crippen LogP contribution < -0.4 is 10.6 Å². The predicted molar refractivity (Wildman–Crippen MR) is 107 cm³/mol. The molecule has 5 nitrogen and oxygen atoms in total. The third-order valence-corrected chi connectivity index (χ3v) is 5.29. The number of rotatable bonds is 3. The van der Waals surface area contributed by atoms with Gasteiger partial charge in [-0.1, -0.05) is 35.5 Å². The minimum Gasteiger partial charge on any atom is -0.325 e. The second kappa shape index (κ2) is 7.74. The number of nitrogens with one attached hydrogen (secondary N) is 2. The summed E-state index contributed by atoms with van der Waals surface area (Å²) in [7, 11) is 0. The highest BCUT2D eigenvalue weighted by Gasteiger charge is 2.30. The number of amides is 2. The molecule has 1 heterocycles. The first kappa shape index (κ1) is 18.2. The summed E-state index contributed by atoms with van der Waals surface area (Å²) in [6.45, 7) is 6.04. The van der Waals surface area contributed by atoms with Gasteiger partial charge >= 0.3 is 0 Å². The van der Waals surface area contributed by atoms with Crippen LogP contribution in [0.2, 0.25) is 0 Å². The smallest absolute Gasteiger partial charge is 0.238 e. The fourth-order valence-electron chi connectivity index (χ4n) is 2.52. The highest BCUT2D eigenvalue weighted by atomic mass is 32.2. The minimum atomic E-state index is -0.504. The maximum absolute atomic E-state index is 12.5. The molecular weight excluding hydrogens is 346 g/mol. The highest BCUT2D eigenvalue weighted by Crippen LogP contribution is 2.25. The SMILES string of the molecule is Cc1ccc(NC(=O)C2CC(=O)NC(=Nc3ccc(C)c(C)c3)S2)cc1. The molecule has 2 aromatic rings. The van der Waals surface area contributed by atoms with Crippen molar-refractivity contribution >= 4 is 40.1 Å². The van der Waals surface area contributed by atoms with Gasteiger partial charge in [0.15, 0.2) is 5.17 Å². The van der Waals surface area contributed by atoms with Gasteiger partial charge in [-0.2, -0.15) is 0 Å². The molecule has 0 aliphatic carbocycles. The van der Waals surface area contributed by atoms with Gasteiger partial charge in [0, 0.05) is 12.1 Å². The van der Waals surface area contributed by atoms with Crippen LogP contribution in [0.3, 0.4) is 0 Å². The maximum Gasteiger partial charge on any atom is 0.238 e. The van der Waals surface area contributed by atoms with Gasteiger partial charge in [0.2, 0.25) is 11.8 Å². The van der Waals surface area contributed by atoms with Crippen molar-refractivity contribution in [3.63, 3.8) is 0 Å². The number of thioether (sulfide) groups is 1. The molecule has 1 atom stereocenters. The first-order chi connectivity index (χ1) is 12.4. The number of anilines is 1. The molecule has 2 N–H and O–H groups in total. The van der Waals surface area contributed by atoms with E-state index in [1.165, 1.54) is 17.3 Å². The van der Waals surface area contributed by atoms with Gasteiger partial charge in [-0.05, 0) is 56.2 Å². The van der Waals surface area contributed by atoms with E-state index in [9.17, 15) is 9.59 Å². The number of hydrogen-bond donors (Lipinski definition) is 2. The third-order valence-electron chi connectivity index (χ3n) is 4.20. The predicted octanol–water partition coefficient (Wildman–Crippen LogP) is 3.86. The molecule has 0 radical (unpaired) electrons. The van der Waals surface area contributed by atoms with Crippen LogP contribution in [0.15, 0.2) is 47.5 Å². The van der Waals surface area contributed by atoms with Crippen LogP contribution in [0.4, 0.5) is 11.4 Å². The van der Waals surface area contributed by atoms with Crippen LogP contribution in [0.5, 0.6) is 0 Å². The van der Waals surface area contributed by atoms with Crippen molar-refractivity contribution in [1.82, 2.24) is 5.32 Å². The zero-order valence-corrected chi connectivity index (χ0v) is 15.8. The molecule has 26 heavy (non-hydrogen) atoms. The molecule has 1 fully saturated rings. The lowest BCUT2D eigenvalue weighted by Crippen LogP contribution is -2.41. The Kier molecular flexibility index (Phi) is 5.42. The van der Waals surface area contributed by atoms with E-state index in [4.69, 9.17) is 0 Å². The van der Waals surface area contributed by atoms with Gasteiger partial charge in [0.25, 0.3) is 0 Å². The number of aliphatic imine (C=N–C) groups is 1. The Morgan fingerprint density at radius 3 is 2.54 bits per heavy atom. The number of hydrogen-bond acceptors (Lipinski definition) is 4. The molecule has 2 aromatic carbocycles. The van der Waals surface area contributed by atoms with Crippen molar-refractivity contribution in [2.24, 2.45) is 4.99 Å². The van der Waals surface area contributed by atoms with E-state index in [-0.39, 0.29) is 18.2 Å². The van der Waals surface area contributed by atoms with Gasteiger partial charge in [0.05, 0.1) is 5.69 Å². The van der Waals surface area contributed by atoms with E-state index in [0.29, 0.717) is 5.17 Å². The van der Waals surface area contributed by atoms with Gasteiger partial charge < -0.3 is 10.6 Å². The summed E-state index contributed by atoms with van der Waals surface area (Å²) in [4.78, 5) is 29.0. The van der Waals surface area contributed by atoms with Crippen molar-refractivity contribution < 1.29 is 9.59 Å². The van der Waals surface area contributed by atoms with Crippen LogP contribution in [-0.4, -0.2) is 22.2 Å². The average molecular weight is 367 g/mol.